The van der Waals surface area contributed by atoms with Crippen LogP contribution < -0.4 is 10.6 Å². The minimum Gasteiger partial charge on any atom is -0.396 e. The molecule has 0 aliphatic rings. The van der Waals surface area contributed by atoms with Crippen molar-refractivity contribution in [2.24, 2.45) is 11.8 Å². The van der Waals surface area contributed by atoms with Crippen LogP contribution >= 0.6 is 0 Å². The molecule has 3 atom stereocenters. The van der Waals surface area contributed by atoms with Crippen LogP contribution in [-0.2, 0) is 0 Å². The monoisotopic (exact) mass is 318 g/mol. The Morgan fingerprint density at radius 2 is 1.91 bits per heavy atom. The third kappa shape index (κ3) is 4.22. The molecule has 4 N–H and O–H groups in total. The highest BCUT2D eigenvalue weighted by atomic mass is 16.3. The maximum Gasteiger partial charge on any atom is 0.315 e. The SMILES string of the molecule is CC(C)C(NC(=O)NC(C)C(C)CO)c1nc2ccccc2[nH]1. The van der Waals surface area contributed by atoms with E-state index in [0.29, 0.717) is 0 Å². The fourth-order valence-corrected chi connectivity index (χ4v) is 2.36. The van der Waals surface area contributed by atoms with E-state index in [4.69, 9.17) is 5.11 Å². The molecule has 0 saturated carbocycles. The number of nitrogens with zero attached hydrogens (tertiary/aromatic N) is 1. The van der Waals surface area contributed by atoms with Crippen molar-refractivity contribution in [2.75, 3.05) is 6.61 Å². The van der Waals surface area contributed by atoms with Crippen molar-refractivity contribution in [1.29, 1.82) is 0 Å². The number of H-pyrrole nitrogens is 1. The van der Waals surface area contributed by atoms with E-state index >= 15 is 0 Å². The first kappa shape index (κ1) is 17.3. The van der Waals surface area contributed by atoms with Gasteiger partial charge in [0.1, 0.15) is 5.82 Å². The predicted molar refractivity (Wildman–Crippen MR) is 91.1 cm³/mol. The molecule has 0 fully saturated rings. The summed E-state index contributed by atoms with van der Waals surface area (Å²) in [5, 5.41) is 15.0. The number of hydrogen-bond acceptors (Lipinski definition) is 3. The lowest BCUT2D eigenvalue weighted by Crippen LogP contribution is -2.46. The molecular weight excluding hydrogens is 292 g/mol. The van der Waals surface area contributed by atoms with Crippen LogP contribution in [0.3, 0.4) is 0 Å². The zero-order valence-corrected chi connectivity index (χ0v) is 14.1. The Labute approximate surface area is 136 Å². The van der Waals surface area contributed by atoms with E-state index in [1.807, 2.05) is 52.0 Å². The second kappa shape index (κ2) is 7.46. The molecule has 0 spiro atoms. The van der Waals surface area contributed by atoms with Gasteiger partial charge in [-0.1, -0.05) is 32.9 Å². The molecule has 3 unspecified atom stereocenters. The average molecular weight is 318 g/mol. The van der Waals surface area contributed by atoms with E-state index in [2.05, 4.69) is 20.6 Å². The number of fused-ring (bicyclic) bond motifs is 1. The lowest BCUT2D eigenvalue weighted by Gasteiger charge is -2.24. The van der Waals surface area contributed by atoms with Crippen molar-refractivity contribution in [2.45, 2.75) is 39.8 Å². The van der Waals surface area contributed by atoms with Gasteiger partial charge >= 0.3 is 6.03 Å². The maximum absolute atomic E-state index is 12.2. The number of aliphatic hydroxyl groups excluding tert-OH is 1. The van der Waals surface area contributed by atoms with Crippen LogP contribution in [0, 0.1) is 11.8 Å². The van der Waals surface area contributed by atoms with Crippen molar-refractivity contribution < 1.29 is 9.90 Å². The Morgan fingerprint density at radius 3 is 2.52 bits per heavy atom. The van der Waals surface area contributed by atoms with Gasteiger partial charge in [0, 0.05) is 12.6 Å². The van der Waals surface area contributed by atoms with Crippen LogP contribution in [0.4, 0.5) is 4.79 Å². The summed E-state index contributed by atoms with van der Waals surface area (Å²) < 4.78 is 0. The summed E-state index contributed by atoms with van der Waals surface area (Å²) in [7, 11) is 0. The highest BCUT2D eigenvalue weighted by Crippen LogP contribution is 2.22. The van der Waals surface area contributed by atoms with Crippen molar-refractivity contribution in [3.8, 4) is 0 Å². The Kier molecular flexibility index (Phi) is 5.60. The summed E-state index contributed by atoms with van der Waals surface area (Å²) in [6, 6.07) is 7.23. The average Bonchev–Trinajstić information content (AvgIpc) is 2.94. The van der Waals surface area contributed by atoms with E-state index < -0.39 is 0 Å². The fraction of sp³-hybridized carbons (Fsp3) is 0.529. The number of imidazole rings is 1. The minimum absolute atomic E-state index is 0.00412. The first-order valence-corrected chi connectivity index (χ1v) is 8.05. The van der Waals surface area contributed by atoms with Crippen molar-refractivity contribution in [3.63, 3.8) is 0 Å². The first-order valence-electron chi connectivity index (χ1n) is 8.05. The molecule has 2 rings (SSSR count). The molecule has 1 aromatic carbocycles. The third-order valence-electron chi connectivity index (χ3n) is 4.16. The fourth-order valence-electron chi connectivity index (χ4n) is 2.36. The summed E-state index contributed by atoms with van der Waals surface area (Å²) in [4.78, 5) is 20.1. The molecule has 2 aromatic rings. The Morgan fingerprint density at radius 1 is 1.22 bits per heavy atom. The topological polar surface area (TPSA) is 90.0 Å². The Hall–Kier alpha value is -2.08. The third-order valence-corrected chi connectivity index (χ3v) is 4.16. The van der Waals surface area contributed by atoms with Crippen LogP contribution in [0.25, 0.3) is 11.0 Å². The summed E-state index contributed by atoms with van der Waals surface area (Å²) in [6.45, 7) is 7.89. The van der Waals surface area contributed by atoms with Crippen molar-refractivity contribution in [3.05, 3.63) is 30.1 Å². The Balaban J connectivity index is 2.11. The zero-order chi connectivity index (χ0) is 17.0. The van der Waals surface area contributed by atoms with Gasteiger partial charge in [0.05, 0.1) is 17.1 Å². The number of aliphatic hydroxyl groups is 1. The van der Waals surface area contributed by atoms with Gasteiger partial charge in [-0.2, -0.15) is 0 Å². The van der Waals surface area contributed by atoms with E-state index in [1.165, 1.54) is 0 Å². The highest BCUT2D eigenvalue weighted by Gasteiger charge is 2.23. The Bertz CT molecular complexity index is 620. The lowest BCUT2D eigenvalue weighted by molar-refractivity contribution is 0.197. The molecule has 1 aromatic heterocycles. The van der Waals surface area contributed by atoms with Crippen LogP contribution in [-0.4, -0.2) is 33.8 Å². The van der Waals surface area contributed by atoms with Gasteiger partial charge in [-0.15, -0.1) is 0 Å². The molecule has 6 heteroatoms. The first-order chi connectivity index (χ1) is 10.9. The van der Waals surface area contributed by atoms with Gasteiger partial charge in [0.2, 0.25) is 0 Å². The summed E-state index contributed by atoms with van der Waals surface area (Å²) >= 11 is 0. The largest absolute Gasteiger partial charge is 0.396 e. The van der Waals surface area contributed by atoms with E-state index in [0.717, 1.165) is 16.9 Å². The van der Waals surface area contributed by atoms with Crippen molar-refractivity contribution in [1.82, 2.24) is 20.6 Å². The summed E-state index contributed by atoms with van der Waals surface area (Å²) in [6.07, 6.45) is 0. The molecule has 1 heterocycles. The molecule has 0 aliphatic heterocycles. The van der Waals surface area contributed by atoms with Gasteiger partial charge < -0.3 is 20.7 Å². The second-order valence-corrected chi connectivity index (χ2v) is 6.43. The number of aromatic nitrogens is 2. The smallest absolute Gasteiger partial charge is 0.315 e. The summed E-state index contributed by atoms with van der Waals surface area (Å²) in [5.41, 5.74) is 1.84. The minimum atomic E-state index is -0.253. The van der Waals surface area contributed by atoms with Gasteiger partial charge in [0.25, 0.3) is 0 Å². The molecule has 126 valence electrons. The van der Waals surface area contributed by atoms with Gasteiger partial charge in [-0.3, -0.25) is 0 Å². The van der Waals surface area contributed by atoms with Crippen LogP contribution in [0.1, 0.15) is 39.6 Å². The van der Waals surface area contributed by atoms with Crippen LogP contribution in [0.15, 0.2) is 24.3 Å². The molecule has 0 radical (unpaired) electrons. The molecular formula is C17H26N4O2. The van der Waals surface area contributed by atoms with Crippen LogP contribution in [0.2, 0.25) is 0 Å². The number of aromatic amines is 1. The normalized spacial score (nSPS) is 15.4. The number of benzene rings is 1. The van der Waals surface area contributed by atoms with Crippen LogP contribution in [0.5, 0.6) is 0 Å². The molecule has 0 saturated heterocycles. The molecule has 6 nitrogen and oxygen atoms in total. The predicted octanol–water partition coefficient (Wildman–Crippen LogP) is 2.58. The van der Waals surface area contributed by atoms with Gasteiger partial charge in [-0.05, 0) is 30.9 Å². The maximum atomic E-state index is 12.2. The molecule has 23 heavy (non-hydrogen) atoms. The van der Waals surface area contributed by atoms with E-state index in [1.54, 1.807) is 0 Å². The quantitative estimate of drug-likeness (QED) is 0.660. The standard InChI is InChI=1S/C17H26N4O2/c1-10(2)15(21-17(23)18-12(4)11(3)9-22)16-19-13-7-5-6-8-14(13)20-16/h5-8,10-12,15,22H,9H2,1-4H3,(H,19,20)(H2,18,21,23). The van der Waals surface area contributed by atoms with E-state index in [9.17, 15) is 4.79 Å². The molecule has 0 aliphatic carbocycles. The number of carbonyl (C=O) groups is 1. The number of nitrogens with one attached hydrogen (secondary N) is 3. The van der Waals surface area contributed by atoms with E-state index in [-0.39, 0.29) is 36.6 Å². The van der Waals surface area contributed by atoms with Crippen molar-refractivity contribution >= 4 is 17.1 Å². The molecule has 0 bridgehead atoms. The number of hydrogen-bond donors (Lipinski definition) is 4. The number of carbonyl (C=O) groups excluding carboxylic acids is 1. The number of para-hydroxylation sites is 2. The second-order valence-electron chi connectivity index (χ2n) is 6.43. The number of urea groups is 1. The lowest BCUT2D eigenvalue weighted by atomic mass is 10.0. The van der Waals surface area contributed by atoms with Gasteiger partial charge in [0.15, 0.2) is 0 Å². The number of amides is 2. The zero-order valence-electron chi connectivity index (χ0n) is 14.1. The summed E-state index contributed by atoms with van der Waals surface area (Å²) in [5.74, 6) is 0.940. The van der Waals surface area contributed by atoms with Gasteiger partial charge in [-0.25, -0.2) is 9.78 Å². The number of rotatable bonds is 6. The molecule has 2 amide bonds. The highest BCUT2D eigenvalue weighted by molar-refractivity contribution is 5.76.